The van der Waals surface area contributed by atoms with Gasteiger partial charge in [-0.15, -0.1) is 0 Å². The van der Waals surface area contributed by atoms with Gasteiger partial charge in [-0.2, -0.15) is 30.4 Å². The van der Waals surface area contributed by atoms with Gasteiger partial charge in [0.05, 0.1) is 7.11 Å². The molecule has 0 unspecified atom stereocenters. The maximum Gasteiger partial charge on any atom is 0.536 e. The highest BCUT2D eigenvalue weighted by Crippen LogP contribution is 2.30. The van der Waals surface area contributed by atoms with Crippen molar-refractivity contribution < 1.29 is 47.8 Å². The van der Waals surface area contributed by atoms with Crippen molar-refractivity contribution in [3.05, 3.63) is 29.8 Å². The molecular formula is C11H10F5NO6S2. The smallest absolute Gasteiger partial charge is 0.497 e. The average molecular weight is 411 g/mol. The standard InChI is InChI=1S/C11H10F5NO6S2/c1-22-8-5-3-7(4-6-8)9(10(12,13)24(2,18)19)17-23-25(20,21)11(14,15)16/h3-6H,1-2H3. The summed E-state index contributed by atoms with van der Waals surface area (Å²) in [5.41, 5.74) is -8.49. The van der Waals surface area contributed by atoms with Crippen molar-refractivity contribution in [2.24, 2.45) is 5.16 Å². The van der Waals surface area contributed by atoms with Crippen LogP contribution >= 0.6 is 0 Å². The third kappa shape index (κ3) is 4.56. The Morgan fingerprint density at radius 3 is 1.84 bits per heavy atom. The largest absolute Gasteiger partial charge is 0.536 e. The summed E-state index contributed by atoms with van der Waals surface area (Å²) in [6, 6.07) is 3.81. The summed E-state index contributed by atoms with van der Waals surface area (Å²) < 4.78 is 117. The first kappa shape index (κ1) is 21.1. The summed E-state index contributed by atoms with van der Waals surface area (Å²) >= 11 is 0. The van der Waals surface area contributed by atoms with Gasteiger partial charge in [-0.25, -0.2) is 8.42 Å². The first-order valence-electron chi connectivity index (χ1n) is 5.93. The van der Waals surface area contributed by atoms with Gasteiger partial charge in [0, 0.05) is 11.8 Å². The maximum atomic E-state index is 14.0. The molecule has 0 atom stereocenters. The number of rotatable bonds is 6. The fourth-order valence-electron chi connectivity index (χ4n) is 1.33. The third-order valence-corrected chi connectivity index (χ3v) is 4.58. The molecule has 142 valence electrons. The molecule has 1 aromatic carbocycles. The van der Waals surface area contributed by atoms with Gasteiger partial charge >= 0.3 is 20.9 Å². The van der Waals surface area contributed by atoms with Crippen LogP contribution in [0, 0.1) is 0 Å². The van der Waals surface area contributed by atoms with E-state index >= 15 is 0 Å². The minimum Gasteiger partial charge on any atom is -0.497 e. The second-order valence-electron chi connectivity index (χ2n) is 4.43. The Kier molecular flexibility index (Phi) is 5.69. The van der Waals surface area contributed by atoms with Crippen molar-refractivity contribution >= 4 is 25.7 Å². The Balaban J connectivity index is 3.51. The second-order valence-corrected chi connectivity index (χ2v) is 8.01. The predicted molar refractivity (Wildman–Crippen MR) is 75.4 cm³/mol. The predicted octanol–water partition coefficient (Wildman–Crippen LogP) is 1.90. The number of benzene rings is 1. The molecule has 0 bridgehead atoms. The molecule has 1 aromatic rings. The van der Waals surface area contributed by atoms with E-state index in [1.807, 2.05) is 0 Å². The number of nitrogens with zero attached hydrogens (tertiary/aromatic N) is 1. The topological polar surface area (TPSA) is 99.1 Å². The van der Waals surface area contributed by atoms with Gasteiger partial charge in [0.15, 0.2) is 5.71 Å². The summed E-state index contributed by atoms with van der Waals surface area (Å²) in [5, 5.41) is -2.57. The van der Waals surface area contributed by atoms with E-state index in [1.54, 1.807) is 0 Å². The molecule has 0 saturated carbocycles. The monoisotopic (exact) mass is 411 g/mol. The van der Waals surface area contributed by atoms with E-state index in [2.05, 4.69) is 9.44 Å². The number of hydrogen-bond donors (Lipinski definition) is 0. The van der Waals surface area contributed by atoms with Gasteiger partial charge in [-0.3, -0.25) is 4.28 Å². The lowest BCUT2D eigenvalue weighted by Crippen LogP contribution is -2.38. The van der Waals surface area contributed by atoms with Crippen LogP contribution in [0.3, 0.4) is 0 Å². The molecule has 0 spiro atoms. The van der Waals surface area contributed by atoms with Crippen LogP contribution in [-0.2, 0) is 24.2 Å². The molecule has 0 aliphatic rings. The molecule has 14 heteroatoms. The van der Waals surface area contributed by atoms with Crippen molar-refractivity contribution in [1.29, 1.82) is 0 Å². The van der Waals surface area contributed by atoms with E-state index in [9.17, 15) is 38.8 Å². The Hall–Kier alpha value is -1.96. The summed E-state index contributed by atoms with van der Waals surface area (Å²) in [4.78, 5) is 0. The number of oxime groups is 1. The van der Waals surface area contributed by atoms with E-state index < -0.39 is 42.0 Å². The van der Waals surface area contributed by atoms with E-state index in [4.69, 9.17) is 4.74 Å². The summed E-state index contributed by atoms with van der Waals surface area (Å²) in [6.07, 6.45) is 0.0876. The molecule has 25 heavy (non-hydrogen) atoms. The van der Waals surface area contributed by atoms with E-state index in [1.165, 1.54) is 7.11 Å². The summed E-state index contributed by atoms with van der Waals surface area (Å²) in [5.74, 6) is 0.148. The van der Waals surface area contributed by atoms with Crippen molar-refractivity contribution in [2.75, 3.05) is 13.4 Å². The van der Waals surface area contributed by atoms with E-state index in [-0.39, 0.29) is 12.0 Å². The van der Waals surface area contributed by atoms with Crippen molar-refractivity contribution in [1.82, 2.24) is 0 Å². The van der Waals surface area contributed by atoms with Crippen LogP contribution < -0.4 is 4.74 Å². The van der Waals surface area contributed by atoms with Crippen LogP contribution in [-0.4, -0.2) is 46.7 Å². The number of halogens is 5. The normalized spacial score (nSPS) is 14.3. The number of sulfone groups is 1. The summed E-state index contributed by atoms with van der Waals surface area (Å²) in [6.45, 7) is 0. The lowest BCUT2D eigenvalue weighted by molar-refractivity contribution is -0.0542. The lowest BCUT2D eigenvalue weighted by atomic mass is 10.1. The van der Waals surface area contributed by atoms with Crippen molar-refractivity contribution in [3.8, 4) is 5.75 Å². The number of hydrogen-bond acceptors (Lipinski definition) is 7. The molecule has 0 fully saturated rings. The van der Waals surface area contributed by atoms with Gasteiger partial charge in [0.25, 0.3) is 0 Å². The Morgan fingerprint density at radius 1 is 1.00 bits per heavy atom. The quantitative estimate of drug-likeness (QED) is 0.307. The van der Waals surface area contributed by atoms with E-state index in [0.29, 0.717) is 0 Å². The fraction of sp³-hybridized carbons (Fsp3) is 0.364. The molecule has 0 radical (unpaired) electrons. The third-order valence-electron chi connectivity index (χ3n) is 2.61. The molecule has 0 aliphatic carbocycles. The highest BCUT2D eigenvalue weighted by atomic mass is 32.2. The van der Waals surface area contributed by atoms with Gasteiger partial charge in [0.1, 0.15) is 5.75 Å². The Bertz CT molecular complexity index is 859. The zero-order valence-electron chi connectivity index (χ0n) is 12.4. The van der Waals surface area contributed by atoms with E-state index in [0.717, 1.165) is 24.3 Å². The number of alkyl halides is 5. The molecule has 1 rings (SSSR count). The average Bonchev–Trinajstić information content (AvgIpc) is 2.45. The highest BCUT2D eigenvalue weighted by Gasteiger charge is 2.51. The molecule has 0 aliphatic heterocycles. The molecule has 0 amide bonds. The maximum absolute atomic E-state index is 14.0. The molecular weight excluding hydrogens is 401 g/mol. The van der Waals surface area contributed by atoms with Crippen LogP contribution in [0.5, 0.6) is 5.75 Å². The second kappa shape index (κ2) is 6.74. The number of methoxy groups -OCH3 is 1. The SMILES string of the molecule is COc1ccc(C(=NOS(=O)(=O)C(F)(F)F)C(F)(F)S(C)(=O)=O)cc1. The van der Waals surface area contributed by atoms with Crippen LogP contribution in [0.2, 0.25) is 0 Å². The number of ether oxygens (including phenoxy) is 1. The van der Waals surface area contributed by atoms with Crippen LogP contribution in [0.15, 0.2) is 29.4 Å². The van der Waals surface area contributed by atoms with Crippen LogP contribution in [0.25, 0.3) is 0 Å². The van der Waals surface area contributed by atoms with Crippen molar-refractivity contribution in [3.63, 3.8) is 0 Å². The van der Waals surface area contributed by atoms with Gasteiger partial charge in [-0.05, 0) is 24.3 Å². The molecule has 0 N–H and O–H groups in total. The Morgan fingerprint density at radius 2 is 1.48 bits per heavy atom. The fourth-order valence-corrected chi connectivity index (χ4v) is 2.09. The lowest BCUT2D eigenvalue weighted by Gasteiger charge is -2.17. The molecule has 7 nitrogen and oxygen atoms in total. The minimum atomic E-state index is -6.36. The molecule has 0 heterocycles. The molecule has 0 aromatic heterocycles. The summed E-state index contributed by atoms with van der Waals surface area (Å²) in [7, 11) is -10.3. The minimum absolute atomic E-state index is 0.0876. The van der Waals surface area contributed by atoms with Crippen LogP contribution in [0.4, 0.5) is 22.0 Å². The van der Waals surface area contributed by atoms with Crippen molar-refractivity contribution in [2.45, 2.75) is 10.8 Å². The van der Waals surface area contributed by atoms with Gasteiger partial charge in [0.2, 0.25) is 9.84 Å². The highest BCUT2D eigenvalue weighted by molar-refractivity contribution is 7.92. The van der Waals surface area contributed by atoms with Crippen LogP contribution in [0.1, 0.15) is 5.56 Å². The Labute approximate surface area is 139 Å². The first-order valence-corrected chi connectivity index (χ1v) is 9.23. The van der Waals surface area contributed by atoms with Gasteiger partial charge < -0.3 is 4.74 Å². The van der Waals surface area contributed by atoms with Gasteiger partial charge in [-0.1, -0.05) is 5.16 Å². The first-order chi connectivity index (χ1) is 11.1. The zero-order valence-corrected chi connectivity index (χ0v) is 14.0. The molecule has 0 saturated heterocycles. The zero-order chi connectivity index (χ0) is 19.7.